The second kappa shape index (κ2) is 7.07. The van der Waals surface area contributed by atoms with Crippen molar-refractivity contribution in [2.75, 3.05) is 20.3 Å². The normalized spacial score (nSPS) is 13.6. The van der Waals surface area contributed by atoms with Crippen LogP contribution in [0.3, 0.4) is 0 Å². The third-order valence-corrected chi connectivity index (χ3v) is 2.87. The van der Waals surface area contributed by atoms with Crippen molar-refractivity contribution in [3.05, 3.63) is 28.5 Å². The molecule has 0 spiro atoms. The van der Waals surface area contributed by atoms with Gasteiger partial charge in [0.1, 0.15) is 0 Å². The molecule has 0 saturated heterocycles. The number of alkyl halides is 3. The fourth-order valence-corrected chi connectivity index (χ4v) is 1.93. The average Bonchev–Trinajstić information content (AvgIpc) is 2.31. The van der Waals surface area contributed by atoms with Crippen molar-refractivity contribution in [2.24, 2.45) is 0 Å². The Morgan fingerprint density at radius 3 is 2.63 bits per heavy atom. The summed E-state index contributed by atoms with van der Waals surface area (Å²) in [5, 5.41) is 3.18. The van der Waals surface area contributed by atoms with E-state index in [-0.39, 0.29) is 11.1 Å². The SMILES string of the molecule is CCNC(COC)Cc1ncc(C(F)(F)F)cc1Cl. The zero-order chi connectivity index (χ0) is 14.5. The van der Waals surface area contributed by atoms with Gasteiger partial charge in [0.2, 0.25) is 0 Å². The summed E-state index contributed by atoms with van der Waals surface area (Å²) in [7, 11) is 1.56. The molecule has 0 radical (unpaired) electrons. The molecular formula is C12H16ClF3N2O. The van der Waals surface area contributed by atoms with Crippen LogP contribution in [0.4, 0.5) is 13.2 Å². The van der Waals surface area contributed by atoms with E-state index in [1.54, 1.807) is 7.11 Å². The maximum absolute atomic E-state index is 12.5. The third kappa shape index (κ3) is 4.97. The lowest BCUT2D eigenvalue weighted by Gasteiger charge is -2.17. The van der Waals surface area contributed by atoms with Crippen LogP contribution < -0.4 is 5.32 Å². The van der Waals surface area contributed by atoms with E-state index in [1.807, 2.05) is 6.92 Å². The van der Waals surface area contributed by atoms with Gasteiger partial charge in [-0.05, 0) is 12.6 Å². The van der Waals surface area contributed by atoms with E-state index in [2.05, 4.69) is 10.3 Å². The molecule has 0 aliphatic carbocycles. The average molecular weight is 297 g/mol. The molecule has 108 valence electrons. The van der Waals surface area contributed by atoms with Crippen molar-refractivity contribution in [3.8, 4) is 0 Å². The summed E-state index contributed by atoms with van der Waals surface area (Å²) in [4.78, 5) is 3.80. The fourth-order valence-electron chi connectivity index (χ4n) is 1.68. The molecule has 1 N–H and O–H groups in total. The Morgan fingerprint density at radius 2 is 2.16 bits per heavy atom. The summed E-state index contributed by atoms with van der Waals surface area (Å²) in [6, 6.07) is 0.872. The van der Waals surface area contributed by atoms with Crippen molar-refractivity contribution in [1.29, 1.82) is 0 Å². The summed E-state index contributed by atoms with van der Waals surface area (Å²) in [5.74, 6) is 0. The lowest BCUT2D eigenvalue weighted by atomic mass is 10.1. The molecule has 1 unspecified atom stereocenters. The first-order chi connectivity index (χ1) is 8.88. The van der Waals surface area contributed by atoms with Gasteiger partial charge in [0, 0.05) is 25.8 Å². The van der Waals surface area contributed by atoms with E-state index in [1.165, 1.54) is 0 Å². The van der Waals surface area contributed by atoms with Gasteiger partial charge in [0.05, 0.1) is 22.9 Å². The Morgan fingerprint density at radius 1 is 1.47 bits per heavy atom. The maximum atomic E-state index is 12.5. The van der Waals surface area contributed by atoms with Crippen LogP contribution in [0.15, 0.2) is 12.3 Å². The number of pyridine rings is 1. The number of likely N-dealkylation sites (N-methyl/N-ethyl adjacent to an activating group) is 1. The zero-order valence-electron chi connectivity index (χ0n) is 10.7. The molecule has 1 rings (SSSR count). The number of halogens is 4. The Balaban J connectivity index is 2.84. The highest BCUT2D eigenvalue weighted by Crippen LogP contribution is 2.31. The standard InChI is InChI=1S/C12H16ClF3N2O/c1-3-17-9(7-19-2)5-11-10(13)4-8(6-18-11)12(14,15)16/h4,6,9,17H,3,5,7H2,1-2H3. The number of rotatable bonds is 6. The largest absolute Gasteiger partial charge is 0.417 e. The highest BCUT2D eigenvalue weighted by Gasteiger charge is 2.31. The predicted molar refractivity (Wildman–Crippen MR) is 67.3 cm³/mol. The molecule has 1 heterocycles. The number of nitrogens with zero attached hydrogens (tertiary/aromatic N) is 1. The summed E-state index contributed by atoms with van der Waals surface area (Å²) in [5.41, 5.74) is -0.411. The van der Waals surface area contributed by atoms with Crippen LogP contribution in [0.5, 0.6) is 0 Å². The monoisotopic (exact) mass is 296 g/mol. The van der Waals surface area contributed by atoms with E-state index in [0.29, 0.717) is 18.7 Å². The minimum Gasteiger partial charge on any atom is -0.383 e. The second-order valence-electron chi connectivity index (χ2n) is 4.06. The van der Waals surface area contributed by atoms with E-state index in [0.717, 1.165) is 18.8 Å². The predicted octanol–water partition coefficient (Wildman–Crippen LogP) is 2.92. The van der Waals surface area contributed by atoms with Gasteiger partial charge >= 0.3 is 6.18 Å². The van der Waals surface area contributed by atoms with Crippen LogP contribution in [0.1, 0.15) is 18.2 Å². The van der Waals surface area contributed by atoms with Gasteiger partial charge in [-0.15, -0.1) is 0 Å². The van der Waals surface area contributed by atoms with E-state index < -0.39 is 11.7 Å². The van der Waals surface area contributed by atoms with E-state index in [4.69, 9.17) is 16.3 Å². The number of nitrogens with one attached hydrogen (secondary N) is 1. The molecule has 0 bridgehead atoms. The molecule has 0 amide bonds. The topological polar surface area (TPSA) is 34.1 Å². The molecule has 7 heteroatoms. The number of aromatic nitrogens is 1. The minimum absolute atomic E-state index is 0.0221. The van der Waals surface area contributed by atoms with Crippen LogP contribution in [0.25, 0.3) is 0 Å². The summed E-state index contributed by atoms with van der Waals surface area (Å²) < 4.78 is 42.5. The van der Waals surface area contributed by atoms with Gasteiger partial charge < -0.3 is 10.1 Å². The molecule has 3 nitrogen and oxygen atoms in total. The molecule has 1 aromatic rings. The quantitative estimate of drug-likeness (QED) is 0.876. The first-order valence-corrected chi connectivity index (χ1v) is 6.20. The van der Waals surface area contributed by atoms with Crippen molar-refractivity contribution in [3.63, 3.8) is 0 Å². The van der Waals surface area contributed by atoms with E-state index in [9.17, 15) is 13.2 Å². The van der Waals surface area contributed by atoms with Crippen LogP contribution in [-0.2, 0) is 17.3 Å². The molecule has 1 atom stereocenters. The minimum atomic E-state index is -4.43. The van der Waals surface area contributed by atoms with Gasteiger partial charge in [-0.3, -0.25) is 4.98 Å². The van der Waals surface area contributed by atoms with Crippen LogP contribution in [-0.4, -0.2) is 31.3 Å². The van der Waals surface area contributed by atoms with Crippen LogP contribution >= 0.6 is 11.6 Å². The third-order valence-electron chi connectivity index (χ3n) is 2.55. The van der Waals surface area contributed by atoms with Gasteiger partial charge in [0.15, 0.2) is 0 Å². The Hall–Kier alpha value is -0.850. The first-order valence-electron chi connectivity index (χ1n) is 5.82. The molecule has 19 heavy (non-hydrogen) atoms. The molecule has 1 aromatic heterocycles. The molecule has 0 aliphatic rings. The number of hydrogen-bond donors (Lipinski definition) is 1. The van der Waals surface area contributed by atoms with Crippen molar-refractivity contribution < 1.29 is 17.9 Å². The summed E-state index contributed by atoms with van der Waals surface area (Å²) in [6.45, 7) is 3.10. The van der Waals surface area contributed by atoms with E-state index >= 15 is 0 Å². The van der Waals surface area contributed by atoms with Crippen molar-refractivity contribution >= 4 is 11.6 Å². The molecular weight excluding hydrogens is 281 g/mol. The second-order valence-corrected chi connectivity index (χ2v) is 4.47. The molecule has 0 aromatic carbocycles. The van der Waals surface area contributed by atoms with Gasteiger partial charge in [-0.2, -0.15) is 13.2 Å². The molecule has 0 saturated carbocycles. The first kappa shape index (κ1) is 16.2. The maximum Gasteiger partial charge on any atom is 0.417 e. The van der Waals surface area contributed by atoms with Gasteiger partial charge in [-0.25, -0.2) is 0 Å². The Kier molecular flexibility index (Phi) is 6.03. The fraction of sp³-hybridized carbons (Fsp3) is 0.583. The Bertz CT molecular complexity index is 406. The highest BCUT2D eigenvalue weighted by atomic mass is 35.5. The summed E-state index contributed by atoms with van der Waals surface area (Å²) in [6.07, 6.45) is -3.21. The lowest BCUT2D eigenvalue weighted by molar-refractivity contribution is -0.137. The van der Waals surface area contributed by atoms with Crippen LogP contribution in [0.2, 0.25) is 5.02 Å². The van der Waals surface area contributed by atoms with Crippen molar-refractivity contribution in [2.45, 2.75) is 25.6 Å². The highest BCUT2D eigenvalue weighted by molar-refractivity contribution is 6.31. The smallest absolute Gasteiger partial charge is 0.383 e. The van der Waals surface area contributed by atoms with Crippen LogP contribution in [0, 0.1) is 0 Å². The zero-order valence-corrected chi connectivity index (χ0v) is 11.5. The number of hydrogen-bond acceptors (Lipinski definition) is 3. The van der Waals surface area contributed by atoms with Gasteiger partial charge in [-0.1, -0.05) is 18.5 Å². The van der Waals surface area contributed by atoms with Gasteiger partial charge in [0.25, 0.3) is 0 Å². The molecule has 0 aliphatic heterocycles. The number of ether oxygens (including phenoxy) is 1. The Labute approximate surface area is 115 Å². The number of methoxy groups -OCH3 is 1. The summed E-state index contributed by atoms with van der Waals surface area (Å²) >= 11 is 5.85. The lowest BCUT2D eigenvalue weighted by Crippen LogP contribution is -2.35. The molecule has 0 fully saturated rings. The van der Waals surface area contributed by atoms with Crippen molar-refractivity contribution in [1.82, 2.24) is 10.3 Å².